The molecule has 14 heteroatoms. The van der Waals surface area contributed by atoms with Crippen LogP contribution in [0.1, 0.15) is 96.2 Å². The van der Waals surface area contributed by atoms with Gasteiger partial charge in [-0.05, 0) is 43.9 Å². The standard InChI is InChI=1S/C9H12N2OS.C7H8N2OS.C5H5ClN2S.C4H7O.3C4H9.Sn/c1-4-12-7(2)8-5-6-10-9(11-8)13-3;1-5(10)6-3-4-8-7(9-6)11-2;1-9-5-7-3-2-4(6)8-5;1-3-5-4-2;3*1-3-4-2;/h5-6H,2,4H2,1,3H3;3-4H,1-2H3;2-3H,1H3;1,4H2,2H3;3*1,3-4H2,2H3;. The van der Waals surface area contributed by atoms with Gasteiger partial charge in [-0.2, -0.15) is 0 Å². The molecule has 0 aromatic carbocycles. The Kier molecular flexibility index (Phi) is 29.5. The molecule has 0 radical (unpaired) electrons. The van der Waals surface area contributed by atoms with E-state index in [2.05, 4.69) is 70.8 Å². The molecule has 0 atom stereocenters. The average molecular weight is 886 g/mol. The Balaban J connectivity index is 0.000000673. The number of hydrogen-bond donors (Lipinski definition) is 0. The van der Waals surface area contributed by atoms with Crippen molar-refractivity contribution in [1.29, 1.82) is 0 Å². The van der Waals surface area contributed by atoms with Crippen molar-refractivity contribution < 1.29 is 14.3 Å². The number of carbonyl (C=O) groups is 1. The zero-order valence-corrected chi connectivity index (χ0v) is 38.2. The first kappa shape index (κ1) is 49.1. The van der Waals surface area contributed by atoms with Gasteiger partial charge < -0.3 is 4.74 Å². The quantitative estimate of drug-likeness (QED) is 0.0285. The van der Waals surface area contributed by atoms with Crippen LogP contribution in [0.3, 0.4) is 0 Å². The number of unbranched alkanes of at least 4 members (excludes halogenated alkanes) is 3. The number of nitrogens with zero attached hydrogens (tertiary/aromatic N) is 6. The minimum Gasteiger partial charge on any atom is -0.293 e. The van der Waals surface area contributed by atoms with Crippen LogP contribution >= 0.6 is 46.9 Å². The third kappa shape index (κ3) is 21.4. The van der Waals surface area contributed by atoms with Crippen LogP contribution in [0.15, 0.2) is 69.2 Å². The second-order valence-electron chi connectivity index (χ2n) is 11.1. The van der Waals surface area contributed by atoms with Gasteiger partial charge in [0.1, 0.15) is 22.3 Å². The molecule has 0 amide bonds. The second-order valence-corrected chi connectivity index (χ2v) is 27.0. The summed E-state index contributed by atoms with van der Waals surface area (Å²) in [7, 11) is 0. The van der Waals surface area contributed by atoms with E-state index < -0.39 is 18.4 Å². The molecule has 0 aliphatic rings. The molecular weight excluding hydrogens is 827 g/mol. The molecule has 51 heavy (non-hydrogen) atoms. The Morgan fingerprint density at radius 2 is 1.10 bits per heavy atom. The summed E-state index contributed by atoms with van der Waals surface area (Å²) in [5, 5.41) is 2.58. The summed E-state index contributed by atoms with van der Waals surface area (Å²) < 4.78 is 16.8. The predicted octanol–water partition coefficient (Wildman–Crippen LogP) is 11.4. The molecule has 0 N–H and O–H groups in total. The van der Waals surface area contributed by atoms with Gasteiger partial charge >= 0.3 is 120 Å². The molecule has 0 bridgehead atoms. The van der Waals surface area contributed by atoms with Crippen molar-refractivity contribution in [3.05, 3.63) is 70.3 Å². The zero-order chi connectivity index (χ0) is 38.5. The number of halogens is 1. The van der Waals surface area contributed by atoms with Crippen molar-refractivity contribution in [3.63, 3.8) is 0 Å². The maximum atomic E-state index is 10.8. The van der Waals surface area contributed by atoms with Crippen LogP contribution in [0.5, 0.6) is 0 Å². The summed E-state index contributed by atoms with van der Waals surface area (Å²) in [5.74, 6) is 0.572. The normalized spacial score (nSPS) is 10.3. The Morgan fingerprint density at radius 3 is 1.47 bits per heavy atom. The number of ether oxygens (including phenoxy) is 2. The van der Waals surface area contributed by atoms with E-state index in [4.69, 9.17) is 21.1 Å². The molecule has 3 aromatic rings. The van der Waals surface area contributed by atoms with Gasteiger partial charge in [-0.15, -0.1) is 0 Å². The van der Waals surface area contributed by atoms with Crippen LogP contribution in [0.2, 0.25) is 18.5 Å². The fourth-order valence-electron chi connectivity index (χ4n) is 4.56. The van der Waals surface area contributed by atoms with E-state index in [0.717, 1.165) is 17.5 Å². The van der Waals surface area contributed by atoms with Crippen LogP contribution in [0.25, 0.3) is 5.76 Å². The van der Waals surface area contributed by atoms with Crippen LogP contribution < -0.4 is 0 Å². The first-order valence-corrected chi connectivity index (χ1v) is 29.0. The number of aromatic nitrogens is 6. The molecule has 0 aliphatic heterocycles. The van der Waals surface area contributed by atoms with E-state index in [9.17, 15) is 4.79 Å². The average Bonchev–Trinajstić information content (AvgIpc) is 3.15. The van der Waals surface area contributed by atoms with Crippen molar-refractivity contribution in [2.45, 2.75) is 109 Å². The van der Waals surface area contributed by atoms with E-state index in [1.807, 2.05) is 25.7 Å². The molecule has 0 aliphatic carbocycles. The van der Waals surface area contributed by atoms with Gasteiger partial charge in [0, 0.05) is 25.5 Å². The third-order valence-electron chi connectivity index (χ3n) is 7.32. The van der Waals surface area contributed by atoms with E-state index in [0.29, 0.717) is 33.5 Å². The van der Waals surface area contributed by atoms with Crippen molar-refractivity contribution in [2.24, 2.45) is 0 Å². The van der Waals surface area contributed by atoms with E-state index >= 15 is 0 Å². The van der Waals surface area contributed by atoms with Crippen LogP contribution in [-0.4, -0.2) is 86.0 Å². The maximum Gasteiger partial charge on any atom is 0.188 e. The predicted molar refractivity (Wildman–Crippen MR) is 223 cm³/mol. The molecule has 284 valence electrons. The SMILES string of the molecule is C=C(OCC)c1ccnc(SC)n1.C=[C](OCC)[Sn]([CH2]CCC)([CH2]CCC)[CH2]CCC.CSc1nccc(C(C)=O)n1.CSc1nccc(Cl)n1. The Labute approximate surface area is 329 Å². The van der Waals surface area contributed by atoms with Gasteiger partial charge in [0.2, 0.25) is 0 Å². The molecule has 3 aromatic heterocycles. The number of thioether (sulfide) groups is 3. The minimum atomic E-state index is -2.24. The fourth-order valence-corrected chi connectivity index (χ4v) is 20.5. The van der Waals surface area contributed by atoms with Gasteiger partial charge in [-0.25, -0.2) is 29.9 Å². The van der Waals surface area contributed by atoms with Crippen molar-refractivity contribution >= 4 is 76.8 Å². The smallest absolute Gasteiger partial charge is 0.188 e. The van der Waals surface area contributed by atoms with E-state index in [1.54, 1.807) is 36.8 Å². The first-order chi connectivity index (χ1) is 24.5. The van der Waals surface area contributed by atoms with Crippen molar-refractivity contribution in [3.8, 4) is 0 Å². The van der Waals surface area contributed by atoms with Gasteiger partial charge in [-0.1, -0.05) is 53.5 Å². The summed E-state index contributed by atoms with van der Waals surface area (Å²) in [6, 6.07) is 5.06. The van der Waals surface area contributed by atoms with Crippen LogP contribution in [-0.2, 0) is 9.47 Å². The van der Waals surface area contributed by atoms with Gasteiger partial charge in [0.25, 0.3) is 0 Å². The summed E-state index contributed by atoms with van der Waals surface area (Å²) in [6.45, 7) is 22.0. The van der Waals surface area contributed by atoms with Gasteiger partial charge in [-0.3, -0.25) is 4.79 Å². The number of ketones is 1. The summed E-state index contributed by atoms with van der Waals surface area (Å²) in [5.41, 5.74) is 1.23. The molecule has 0 spiro atoms. The maximum absolute atomic E-state index is 10.8. The first-order valence-electron chi connectivity index (χ1n) is 17.4. The minimum absolute atomic E-state index is 0.0253. The monoisotopic (exact) mass is 886 g/mol. The molecule has 0 saturated heterocycles. The van der Waals surface area contributed by atoms with Crippen molar-refractivity contribution in [2.75, 3.05) is 32.0 Å². The molecule has 0 unspecified atom stereocenters. The molecule has 3 rings (SSSR count). The summed E-state index contributed by atoms with van der Waals surface area (Å²) >= 11 is 7.72. The molecule has 9 nitrogen and oxygen atoms in total. The topological polar surface area (TPSA) is 113 Å². The number of rotatable bonds is 19. The van der Waals surface area contributed by atoms with E-state index in [-0.39, 0.29) is 5.78 Å². The Morgan fingerprint density at radius 1 is 0.686 bits per heavy atom. The molecule has 0 fully saturated rings. The molecule has 3 heterocycles. The Bertz CT molecular complexity index is 1400. The molecular formula is C37H59ClN6O3S3Sn. The van der Waals surface area contributed by atoms with Crippen LogP contribution in [0.4, 0.5) is 0 Å². The Hall–Kier alpha value is -1.87. The number of carbonyl (C=O) groups excluding carboxylic acids is 1. The van der Waals surface area contributed by atoms with Gasteiger partial charge in [0.15, 0.2) is 21.3 Å². The third-order valence-corrected chi connectivity index (χ3v) is 24.2. The number of Topliss-reactive ketones (excluding diaryl/α,β-unsaturated/α-hetero) is 1. The molecule has 0 saturated carbocycles. The summed E-state index contributed by atoms with van der Waals surface area (Å²) in [6.07, 6.45) is 18.8. The van der Waals surface area contributed by atoms with Crippen molar-refractivity contribution in [1.82, 2.24) is 29.9 Å². The zero-order valence-electron chi connectivity index (χ0n) is 32.2. The van der Waals surface area contributed by atoms with Gasteiger partial charge in [0.05, 0.1) is 6.61 Å². The second kappa shape index (κ2) is 30.6. The van der Waals surface area contributed by atoms with Crippen LogP contribution in [0, 0.1) is 0 Å². The summed E-state index contributed by atoms with van der Waals surface area (Å²) in [4.78, 5) is 34.9. The fraction of sp³-hybridized carbons (Fsp3) is 0.541. The largest absolute Gasteiger partial charge is 0.293 e. The van der Waals surface area contributed by atoms with E-state index in [1.165, 1.54) is 97.8 Å². The number of hydrogen-bond acceptors (Lipinski definition) is 12.